The molecule has 7 nitrogen and oxygen atoms in total. The average Bonchev–Trinajstić information content (AvgIpc) is 2.38. The van der Waals surface area contributed by atoms with Gasteiger partial charge >= 0.3 is 5.69 Å². The zero-order valence-corrected chi connectivity index (χ0v) is 11.2. The average molecular weight is 273 g/mol. The van der Waals surface area contributed by atoms with Crippen molar-refractivity contribution in [3.05, 3.63) is 46.5 Å². The molecular formula is C13H15N5O2. The lowest BCUT2D eigenvalue weighted by atomic mass is 10.2. The molecule has 0 bridgehead atoms. The normalized spacial score (nSPS) is 10.1. The molecule has 0 spiro atoms. The van der Waals surface area contributed by atoms with Gasteiger partial charge in [0.15, 0.2) is 0 Å². The molecule has 2 aromatic rings. The molecule has 0 unspecified atom stereocenters. The summed E-state index contributed by atoms with van der Waals surface area (Å²) in [5.41, 5.74) is 7.14. The number of nitrogen functional groups attached to an aromatic ring is 1. The van der Waals surface area contributed by atoms with Gasteiger partial charge in [0.2, 0.25) is 5.82 Å². The van der Waals surface area contributed by atoms with Crippen LogP contribution in [0.2, 0.25) is 0 Å². The molecule has 7 heteroatoms. The quantitative estimate of drug-likeness (QED) is 0.655. The summed E-state index contributed by atoms with van der Waals surface area (Å²) < 4.78 is 0. The lowest BCUT2D eigenvalue weighted by molar-refractivity contribution is -0.384. The summed E-state index contributed by atoms with van der Waals surface area (Å²) in [5.74, 6) is 0.354. The number of nitrogens with two attached hydrogens (primary N) is 1. The van der Waals surface area contributed by atoms with E-state index in [0.717, 1.165) is 5.69 Å². The third-order valence-electron chi connectivity index (χ3n) is 2.72. The smallest absolute Gasteiger partial charge is 0.311 e. The molecule has 0 fully saturated rings. The molecule has 0 radical (unpaired) electrons. The number of hydrogen-bond donors (Lipinski definition) is 2. The summed E-state index contributed by atoms with van der Waals surface area (Å²) in [6, 6.07) is 10.2. The highest BCUT2D eigenvalue weighted by Gasteiger charge is 2.15. The van der Waals surface area contributed by atoms with E-state index in [9.17, 15) is 10.1 Å². The van der Waals surface area contributed by atoms with Crippen molar-refractivity contribution in [2.45, 2.75) is 0 Å². The van der Waals surface area contributed by atoms with Gasteiger partial charge in [-0.05, 0) is 24.3 Å². The Balaban J connectivity index is 2.36. The van der Waals surface area contributed by atoms with Crippen LogP contribution in [0, 0.1) is 10.1 Å². The Hall–Kier alpha value is -2.83. The summed E-state index contributed by atoms with van der Waals surface area (Å²) in [4.78, 5) is 16.4. The molecule has 1 heterocycles. The molecule has 3 N–H and O–H groups in total. The highest BCUT2D eigenvalue weighted by Crippen LogP contribution is 2.27. The highest BCUT2D eigenvalue weighted by atomic mass is 16.6. The first-order valence-corrected chi connectivity index (χ1v) is 5.92. The number of pyridine rings is 1. The van der Waals surface area contributed by atoms with Gasteiger partial charge in [-0.15, -0.1) is 0 Å². The molecule has 2 rings (SSSR count). The maximum absolute atomic E-state index is 11.0. The van der Waals surface area contributed by atoms with Crippen molar-refractivity contribution in [2.75, 3.05) is 30.0 Å². The first kappa shape index (κ1) is 13.6. The van der Waals surface area contributed by atoms with Crippen LogP contribution in [-0.2, 0) is 0 Å². The molecule has 104 valence electrons. The van der Waals surface area contributed by atoms with Crippen molar-refractivity contribution in [3.8, 4) is 0 Å². The number of aromatic nitrogens is 1. The Morgan fingerprint density at radius 2 is 2.05 bits per heavy atom. The van der Waals surface area contributed by atoms with Gasteiger partial charge in [0, 0.05) is 31.5 Å². The third kappa shape index (κ3) is 2.94. The summed E-state index contributed by atoms with van der Waals surface area (Å²) in [7, 11) is 3.83. The van der Waals surface area contributed by atoms with Crippen molar-refractivity contribution in [2.24, 2.45) is 0 Å². The first-order valence-electron chi connectivity index (χ1n) is 5.92. The van der Waals surface area contributed by atoms with Crippen LogP contribution in [0.15, 0.2) is 36.4 Å². The Labute approximate surface area is 116 Å². The summed E-state index contributed by atoms with van der Waals surface area (Å²) in [6.45, 7) is 0. The number of nitrogens with one attached hydrogen (secondary N) is 1. The molecule has 1 aromatic carbocycles. The van der Waals surface area contributed by atoms with Gasteiger partial charge in [0.05, 0.1) is 4.92 Å². The van der Waals surface area contributed by atoms with Crippen LogP contribution in [-0.4, -0.2) is 24.0 Å². The van der Waals surface area contributed by atoms with E-state index in [4.69, 9.17) is 5.73 Å². The van der Waals surface area contributed by atoms with Crippen LogP contribution in [0.1, 0.15) is 0 Å². The molecule has 0 aliphatic heterocycles. The molecule has 0 amide bonds. The standard InChI is InChI=1S/C13H15N5O2/c1-17(2)10-5-3-4-9(8-10)15-13-11(18(19)20)6-7-12(14)16-13/h3-8H,1-2H3,(H3,14,15,16). The third-order valence-corrected chi connectivity index (χ3v) is 2.72. The fraction of sp³-hybridized carbons (Fsp3) is 0.154. The Bertz CT molecular complexity index is 642. The number of rotatable bonds is 4. The number of nitrogens with zero attached hydrogens (tertiary/aromatic N) is 3. The molecule has 0 aliphatic rings. The minimum absolute atomic E-state index is 0.116. The minimum atomic E-state index is -0.495. The topological polar surface area (TPSA) is 97.3 Å². The predicted octanol–water partition coefficient (Wildman–Crippen LogP) is 2.38. The van der Waals surface area contributed by atoms with E-state index in [1.807, 2.05) is 43.3 Å². The maximum atomic E-state index is 11.0. The lowest BCUT2D eigenvalue weighted by Gasteiger charge is -2.14. The first-order chi connectivity index (χ1) is 9.47. The minimum Gasteiger partial charge on any atom is -0.384 e. The van der Waals surface area contributed by atoms with Crippen LogP contribution in [0.4, 0.5) is 28.7 Å². The maximum Gasteiger partial charge on any atom is 0.311 e. The van der Waals surface area contributed by atoms with Crippen LogP contribution in [0.5, 0.6) is 0 Å². The van der Waals surface area contributed by atoms with E-state index >= 15 is 0 Å². The monoisotopic (exact) mass is 273 g/mol. The lowest BCUT2D eigenvalue weighted by Crippen LogP contribution is -2.09. The van der Waals surface area contributed by atoms with E-state index in [0.29, 0.717) is 5.69 Å². The van der Waals surface area contributed by atoms with Crippen molar-refractivity contribution in [1.29, 1.82) is 0 Å². The fourth-order valence-corrected chi connectivity index (χ4v) is 1.70. The van der Waals surface area contributed by atoms with Gasteiger partial charge in [-0.1, -0.05) is 6.07 Å². The molecule has 0 saturated carbocycles. The Morgan fingerprint density at radius 1 is 1.30 bits per heavy atom. The second-order valence-electron chi connectivity index (χ2n) is 4.43. The van der Waals surface area contributed by atoms with Crippen LogP contribution in [0.25, 0.3) is 0 Å². The molecule has 20 heavy (non-hydrogen) atoms. The fourth-order valence-electron chi connectivity index (χ4n) is 1.70. The van der Waals surface area contributed by atoms with Gasteiger partial charge in [0.1, 0.15) is 5.82 Å². The molecule has 0 aliphatic carbocycles. The number of benzene rings is 1. The highest BCUT2D eigenvalue weighted by molar-refractivity contribution is 5.69. The molecule has 0 saturated heterocycles. The number of nitro groups is 1. The van der Waals surface area contributed by atoms with Gasteiger partial charge in [-0.25, -0.2) is 4.98 Å². The number of anilines is 4. The summed E-state index contributed by atoms with van der Waals surface area (Å²) >= 11 is 0. The summed E-state index contributed by atoms with van der Waals surface area (Å²) in [6.07, 6.45) is 0. The van der Waals surface area contributed by atoms with Crippen molar-refractivity contribution >= 4 is 28.7 Å². The van der Waals surface area contributed by atoms with Crippen molar-refractivity contribution in [3.63, 3.8) is 0 Å². The van der Waals surface area contributed by atoms with Crippen molar-refractivity contribution < 1.29 is 4.92 Å². The second-order valence-corrected chi connectivity index (χ2v) is 4.43. The van der Waals surface area contributed by atoms with E-state index < -0.39 is 4.92 Å². The SMILES string of the molecule is CN(C)c1cccc(Nc2nc(N)ccc2[N+](=O)[O-])c1. The predicted molar refractivity (Wildman–Crippen MR) is 79.4 cm³/mol. The van der Waals surface area contributed by atoms with Crippen LogP contribution in [0.3, 0.4) is 0 Å². The summed E-state index contributed by atoms with van der Waals surface area (Å²) in [5, 5.41) is 13.9. The van der Waals surface area contributed by atoms with Crippen LogP contribution >= 0.6 is 0 Å². The molecule has 0 atom stereocenters. The second kappa shape index (κ2) is 5.43. The van der Waals surface area contributed by atoms with Gasteiger partial charge in [-0.2, -0.15) is 0 Å². The Kier molecular flexibility index (Phi) is 3.69. The van der Waals surface area contributed by atoms with Gasteiger partial charge in [0.25, 0.3) is 0 Å². The van der Waals surface area contributed by atoms with E-state index in [1.165, 1.54) is 12.1 Å². The van der Waals surface area contributed by atoms with E-state index in [2.05, 4.69) is 10.3 Å². The van der Waals surface area contributed by atoms with Gasteiger partial charge in [-0.3, -0.25) is 10.1 Å². The van der Waals surface area contributed by atoms with E-state index in [1.54, 1.807) is 0 Å². The Morgan fingerprint density at radius 3 is 2.70 bits per heavy atom. The zero-order chi connectivity index (χ0) is 14.7. The zero-order valence-electron chi connectivity index (χ0n) is 11.2. The largest absolute Gasteiger partial charge is 0.384 e. The van der Waals surface area contributed by atoms with Crippen LogP contribution < -0.4 is 16.0 Å². The number of hydrogen-bond acceptors (Lipinski definition) is 6. The van der Waals surface area contributed by atoms with E-state index in [-0.39, 0.29) is 17.3 Å². The van der Waals surface area contributed by atoms with Gasteiger partial charge < -0.3 is 16.0 Å². The molecular weight excluding hydrogens is 258 g/mol. The molecule has 1 aromatic heterocycles. The van der Waals surface area contributed by atoms with Crippen molar-refractivity contribution in [1.82, 2.24) is 4.98 Å².